The third kappa shape index (κ3) is 4.73. The minimum atomic E-state index is 0.540. The van der Waals surface area contributed by atoms with E-state index in [4.69, 9.17) is 9.15 Å². The van der Waals surface area contributed by atoms with E-state index in [1.54, 1.807) is 13.4 Å². The van der Waals surface area contributed by atoms with E-state index in [9.17, 15) is 0 Å². The predicted molar refractivity (Wildman–Crippen MR) is 63.5 cm³/mol. The number of methoxy groups -OCH3 is 1. The summed E-state index contributed by atoms with van der Waals surface area (Å²) in [7, 11) is 1.72. The van der Waals surface area contributed by atoms with Gasteiger partial charge in [0.15, 0.2) is 0 Å². The van der Waals surface area contributed by atoms with Crippen LogP contribution in [-0.2, 0) is 4.74 Å². The van der Waals surface area contributed by atoms with E-state index in [0.29, 0.717) is 5.25 Å². The van der Waals surface area contributed by atoms with Gasteiger partial charge in [0.25, 0.3) is 0 Å². The van der Waals surface area contributed by atoms with Crippen LogP contribution in [0.15, 0.2) is 21.6 Å². The van der Waals surface area contributed by atoms with E-state index >= 15 is 0 Å². The van der Waals surface area contributed by atoms with Crippen LogP contribution in [0.4, 0.5) is 0 Å². The van der Waals surface area contributed by atoms with Crippen LogP contribution in [0.5, 0.6) is 0 Å². The average molecular weight is 229 g/mol. The number of hydrogen-bond donors (Lipinski definition) is 1. The number of furan rings is 1. The second-order valence-corrected chi connectivity index (χ2v) is 4.95. The number of aryl methyl sites for hydroxylation is 1. The third-order valence-electron chi connectivity index (χ3n) is 2.05. The quantitative estimate of drug-likeness (QED) is 0.575. The van der Waals surface area contributed by atoms with Gasteiger partial charge in [-0.15, -0.1) is 11.8 Å². The molecule has 0 amide bonds. The molecule has 1 unspecified atom stereocenters. The maximum atomic E-state index is 5.25. The highest BCUT2D eigenvalue weighted by atomic mass is 32.2. The normalized spacial score (nSPS) is 13.0. The van der Waals surface area contributed by atoms with Gasteiger partial charge in [0.1, 0.15) is 5.76 Å². The van der Waals surface area contributed by atoms with Gasteiger partial charge in [-0.05, 0) is 13.0 Å². The number of hydrogen-bond acceptors (Lipinski definition) is 4. The van der Waals surface area contributed by atoms with Crippen LogP contribution in [0.3, 0.4) is 0 Å². The number of nitrogens with one attached hydrogen (secondary N) is 1. The molecule has 0 spiro atoms. The Labute approximate surface area is 95.6 Å². The molecule has 0 aliphatic heterocycles. The van der Waals surface area contributed by atoms with E-state index in [-0.39, 0.29) is 0 Å². The first kappa shape index (κ1) is 12.6. The van der Waals surface area contributed by atoms with E-state index in [1.165, 1.54) is 4.90 Å². The molecular weight excluding hydrogens is 210 g/mol. The summed E-state index contributed by atoms with van der Waals surface area (Å²) in [5.74, 6) is 1.00. The Morgan fingerprint density at radius 2 is 2.40 bits per heavy atom. The van der Waals surface area contributed by atoms with Crippen molar-refractivity contribution < 1.29 is 9.15 Å². The second kappa shape index (κ2) is 6.93. The fraction of sp³-hybridized carbons (Fsp3) is 0.636. The Balaban J connectivity index is 2.18. The Kier molecular flexibility index (Phi) is 5.83. The van der Waals surface area contributed by atoms with E-state index in [0.717, 1.165) is 25.5 Å². The second-order valence-electron chi connectivity index (χ2n) is 3.47. The zero-order chi connectivity index (χ0) is 11.1. The SMILES string of the molecule is COCCNCC(C)Sc1ccoc1C. The summed E-state index contributed by atoms with van der Waals surface area (Å²) >= 11 is 1.84. The first-order chi connectivity index (χ1) is 7.24. The lowest BCUT2D eigenvalue weighted by Gasteiger charge is -2.11. The monoisotopic (exact) mass is 229 g/mol. The van der Waals surface area contributed by atoms with Gasteiger partial charge >= 0.3 is 0 Å². The molecule has 0 radical (unpaired) electrons. The number of thioether (sulfide) groups is 1. The van der Waals surface area contributed by atoms with Gasteiger partial charge in [-0.3, -0.25) is 0 Å². The Morgan fingerprint density at radius 3 is 3.00 bits per heavy atom. The molecule has 0 bridgehead atoms. The highest BCUT2D eigenvalue weighted by Gasteiger charge is 2.07. The molecule has 0 saturated carbocycles. The van der Waals surface area contributed by atoms with Crippen molar-refractivity contribution in [2.45, 2.75) is 24.0 Å². The van der Waals surface area contributed by atoms with Crippen molar-refractivity contribution in [2.75, 3.05) is 26.8 Å². The van der Waals surface area contributed by atoms with Crippen LogP contribution in [0.2, 0.25) is 0 Å². The molecule has 1 aromatic heterocycles. The van der Waals surface area contributed by atoms with Crippen molar-refractivity contribution in [3.05, 3.63) is 18.1 Å². The van der Waals surface area contributed by atoms with E-state index in [1.807, 2.05) is 24.8 Å². The first-order valence-electron chi connectivity index (χ1n) is 5.14. The molecule has 15 heavy (non-hydrogen) atoms. The van der Waals surface area contributed by atoms with Gasteiger partial charge in [0.2, 0.25) is 0 Å². The summed E-state index contributed by atoms with van der Waals surface area (Å²) in [6.07, 6.45) is 1.74. The minimum Gasteiger partial charge on any atom is -0.468 e. The molecule has 1 atom stereocenters. The maximum Gasteiger partial charge on any atom is 0.114 e. The van der Waals surface area contributed by atoms with Crippen molar-refractivity contribution in [1.29, 1.82) is 0 Å². The molecular formula is C11H19NO2S. The summed E-state index contributed by atoms with van der Waals surface area (Å²) < 4.78 is 10.2. The molecule has 1 aromatic rings. The Bertz CT molecular complexity index is 275. The Morgan fingerprint density at radius 1 is 1.60 bits per heavy atom. The van der Waals surface area contributed by atoms with Crippen molar-refractivity contribution in [1.82, 2.24) is 5.32 Å². The highest BCUT2D eigenvalue weighted by molar-refractivity contribution is 8.00. The van der Waals surface area contributed by atoms with E-state index < -0.39 is 0 Å². The molecule has 0 aliphatic rings. The molecule has 0 aliphatic carbocycles. The largest absolute Gasteiger partial charge is 0.468 e. The van der Waals surface area contributed by atoms with Gasteiger partial charge in [-0.1, -0.05) is 6.92 Å². The molecule has 86 valence electrons. The van der Waals surface area contributed by atoms with Crippen molar-refractivity contribution >= 4 is 11.8 Å². The Hall–Kier alpha value is -0.450. The molecule has 1 rings (SSSR count). The molecule has 0 saturated heterocycles. The van der Waals surface area contributed by atoms with Crippen molar-refractivity contribution in [3.63, 3.8) is 0 Å². The lowest BCUT2D eigenvalue weighted by Crippen LogP contribution is -2.26. The van der Waals surface area contributed by atoms with Crippen LogP contribution in [0.1, 0.15) is 12.7 Å². The van der Waals surface area contributed by atoms with Crippen molar-refractivity contribution in [2.24, 2.45) is 0 Å². The van der Waals surface area contributed by atoms with Gasteiger partial charge in [0.05, 0.1) is 12.9 Å². The summed E-state index contributed by atoms with van der Waals surface area (Å²) in [4.78, 5) is 1.23. The van der Waals surface area contributed by atoms with Gasteiger partial charge in [0, 0.05) is 30.3 Å². The van der Waals surface area contributed by atoms with Crippen LogP contribution < -0.4 is 5.32 Å². The fourth-order valence-electron chi connectivity index (χ4n) is 1.23. The average Bonchev–Trinajstić information content (AvgIpc) is 2.59. The molecule has 3 nitrogen and oxygen atoms in total. The number of ether oxygens (including phenoxy) is 1. The lowest BCUT2D eigenvalue weighted by atomic mass is 10.4. The van der Waals surface area contributed by atoms with Crippen LogP contribution in [0.25, 0.3) is 0 Å². The molecule has 1 heterocycles. The minimum absolute atomic E-state index is 0.540. The molecule has 1 N–H and O–H groups in total. The van der Waals surface area contributed by atoms with Gasteiger partial charge in [-0.2, -0.15) is 0 Å². The summed E-state index contributed by atoms with van der Waals surface area (Å²) in [6.45, 7) is 6.86. The van der Waals surface area contributed by atoms with Crippen LogP contribution in [0, 0.1) is 6.92 Å². The standard InChI is InChI=1S/C11H19NO2S/c1-9(8-12-5-7-13-3)15-11-4-6-14-10(11)2/h4,6,9,12H,5,7-8H2,1-3H3. The molecule has 0 aromatic carbocycles. The highest BCUT2D eigenvalue weighted by Crippen LogP contribution is 2.26. The summed E-state index contributed by atoms with van der Waals surface area (Å²) in [5, 5.41) is 3.88. The zero-order valence-electron chi connectivity index (χ0n) is 9.58. The van der Waals surface area contributed by atoms with E-state index in [2.05, 4.69) is 12.2 Å². The lowest BCUT2D eigenvalue weighted by molar-refractivity contribution is 0.199. The van der Waals surface area contributed by atoms with Gasteiger partial charge < -0.3 is 14.5 Å². The molecule has 0 fully saturated rings. The number of rotatable bonds is 7. The van der Waals surface area contributed by atoms with Crippen LogP contribution >= 0.6 is 11.8 Å². The third-order valence-corrected chi connectivity index (χ3v) is 3.30. The maximum absolute atomic E-state index is 5.25. The fourth-order valence-corrected chi connectivity index (χ4v) is 2.22. The topological polar surface area (TPSA) is 34.4 Å². The van der Waals surface area contributed by atoms with Crippen molar-refractivity contribution in [3.8, 4) is 0 Å². The first-order valence-corrected chi connectivity index (χ1v) is 6.02. The predicted octanol–water partition coefficient (Wildman–Crippen LogP) is 2.30. The summed E-state index contributed by atoms with van der Waals surface area (Å²) in [5.41, 5.74) is 0. The van der Waals surface area contributed by atoms with Gasteiger partial charge in [-0.25, -0.2) is 0 Å². The summed E-state index contributed by atoms with van der Waals surface area (Å²) in [6, 6.07) is 2.02. The zero-order valence-corrected chi connectivity index (χ0v) is 10.4. The van der Waals surface area contributed by atoms with Crippen LogP contribution in [-0.4, -0.2) is 32.1 Å². The smallest absolute Gasteiger partial charge is 0.114 e. The molecule has 4 heteroatoms.